The van der Waals surface area contributed by atoms with Gasteiger partial charge in [-0.15, -0.1) is 24.0 Å². The smallest absolute Gasteiger partial charge is 0.230 e. The van der Waals surface area contributed by atoms with Crippen LogP contribution in [0.2, 0.25) is 0 Å². The SMILES string of the molecule is CCNC(=NCC1(C(=O)N(C)C)CCCC1)NCC(O)Cc1ccccc1.I. The number of benzene rings is 1. The molecule has 0 saturated heterocycles. The van der Waals surface area contributed by atoms with Crippen molar-refractivity contribution in [3.63, 3.8) is 0 Å². The zero-order valence-corrected chi connectivity index (χ0v) is 19.6. The van der Waals surface area contributed by atoms with Crippen molar-refractivity contribution in [2.75, 3.05) is 33.7 Å². The van der Waals surface area contributed by atoms with E-state index in [4.69, 9.17) is 0 Å². The van der Waals surface area contributed by atoms with Gasteiger partial charge in [-0.1, -0.05) is 43.2 Å². The average Bonchev–Trinajstić information content (AvgIpc) is 3.14. The number of amides is 1. The van der Waals surface area contributed by atoms with Gasteiger partial charge >= 0.3 is 0 Å². The van der Waals surface area contributed by atoms with Crippen molar-refractivity contribution >= 4 is 35.8 Å². The van der Waals surface area contributed by atoms with E-state index in [1.807, 2.05) is 51.4 Å². The predicted molar refractivity (Wildman–Crippen MR) is 125 cm³/mol. The lowest BCUT2D eigenvalue weighted by Crippen LogP contribution is -2.44. The zero-order chi connectivity index (χ0) is 19.7. The Morgan fingerprint density at radius 3 is 2.43 bits per heavy atom. The number of aliphatic imine (C=N–C) groups is 1. The minimum Gasteiger partial charge on any atom is -0.391 e. The van der Waals surface area contributed by atoms with Crippen LogP contribution in [0.5, 0.6) is 0 Å². The van der Waals surface area contributed by atoms with Crippen molar-refractivity contribution in [3.05, 3.63) is 35.9 Å². The first-order valence-electron chi connectivity index (χ1n) is 9.93. The molecule has 1 unspecified atom stereocenters. The second kappa shape index (κ2) is 12.3. The normalized spacial score (nSPS) is 16.8. The van der Waals surface area contributed by atoms with Crippen LogP contribution < -0.4 is 10.6 Å². The van der Waals surface area contributed by atoms with Gasteiger partial charge in [-0.05, 0) is 25.3 Å². The van der Waals surface area contributed by atoms with Gasteiger partial charge in [-0.25, -0.2) is 0 Å². The third-order valence-corrected chi connectivity index (χ3v) is 5.12. The number of rotatable bonds is 8. The molecule has 1 atom stereocenters. The maximum Gasteiger partial charge on any atom is 0.230 e. The molecule has 1 amide bonds. The maximum atomic E-state index is 12.7. The number of nitrogens with one attached hydrogen (secondary N) is 2. The van der Waals surface area contributed by atoms with Gasteiger partial charge < -0.3 is 20.6 Å². The summed E-state index contributed by atoms with van der Waals surface area (Å²) in [6.45, 7) is 3.63. The second-order valence-corrected chi connectivity index (χ2v) is 7.61. The third kappa shape index (κ3) is 7.24. The van der Waals surface area contributed by atoms with Crippen LogP contribution in [0.3, 0.4) is 0 Å². The van der Waals surface area contributed by atoms with Gasteiger partial charge in [0.25, 0.3) is 0 Å². The zero-order valence-electron chi connectivity index (χ0n) is 17.3. The Kier molecular flexibility index (Phi) is 10.8. The van der Waals surface area contributed by atoms with Crippen LogP contribution in [-0.4, -0.2) is 61.7 Å². The van der Waals surface area contributed by atoms with Gasteiger partial charge in [0.15, 0.2) is 5.96 Å². The molecule has 7 heteroatoms. The van der Waals surface area contributed by atoms with Crippen molar-refractivity contribution < 1.29 is 9.90 Å². The van der Waals surface area contributed by atoms with E-state index < -0.39 is 6.10 Å². The fraction of sp³-hybridized carbons (Fsp3) is 0.619. The third-order valence-electron chi connectivity index (χ3n) is 5.12. The summed E-state index contributed by atoms with van der Waals surface area (Å²) in [5.74, 6) is 0.825. The highest BCUT2D eigenvalue weighted by Gasteiger charge is 2.42. The van der Waals surface area contributed by atoms with Crippen molar-refractivity contribution in [1.29, 1.82) is 0 Å². The van der Waals surface area contributed by atoms with Crippen LogP contribution in [-0.2, 0) is 11.2 Å². The number of aliphatic hydroxyl groups is 1. The summed E-state index contributed by atoms with van der Waals surface area (Å²) in [5, 5.41) is 16.7. The Balaban J connectivity index is 0.00000392. The predicted octanol–water partition coefficient (Wildman–Crippen LogP) is 2.41. The first-order valence-corrected chi connectivity index (χ1v) is 9.93. The quantitative estimate of drug-likeness (QED) is 0.290. The molecule has 1 aromatic rings. The Hall–Kier alpha value is -1.35. The van der Waals surface area contributed by atoms with Crippen LogP contribution in [0.4, 0.5) is 0 Å². The van der Waals surface area contributed by atoms with Crippen molar-refractivity contribution in [1.82, 2.24) is 15.5 Å². The van der Waals surface area contributed by atoms with Crippen LogP contribution in [0.25, 0.3) is 0 Å². The van der Waals surface area contributed by atoms with E-state index in [0.717, 1.165) is 37.8 Å². The minimum absolute atomic E-state index is 0. The van der Waals surface area contributed by atoms with Crippen LogP contribution in [0.1, 0.15) is 38.2 Å². The average molecular weight is 502 g/mol. The van der Waals surface area contributed by atoms with E-state index in [9.17, 15) is 9.90 Å². The Bertz CT molecular complexity index is 616. The standard InChI is InChI=1S/C21H34N4O2.HI/c1-4-22-20(23-15-18(26)14-17-10-6-5-7-11-17)24-16-21(12-8-9-13-21)19(27)25(2)3;/h5-7,10-11,18,26H,4,8-9,12-16H2,1-3H3,(H2,22,23,24);1H. The van der Waals surface area contributed by atoms with Crippen LogP contribution >= 0.6 is 24.0 Å². The highest BCUT2D eigenvalue weighted by Crippen LogP contribution is 2.39. The molecule has 28 heavy (non-hydrogen) atoms. The lowest BCUT2D eigenvalue weighted by molar-refractivity contribution is -0.138. The highest BCUT2D eigenvalue weighted by molar-refractivity contribution is 14.0. The fourth-order valence-electron chi connectivity index (χ4n) is 3.71. The topological polar surface area (TPSA) is 77.0 Å². The summed E-state index contributed by atoms with van der Waals surface area (Å²) in [6.07, 6.45) is 4.03. The lowest BCUT2D eigenvalue weighted by atomic mass is 9.85. The summed E-state index contributed by atoms with van der Waals surface area (Å²) < 4.78 is 0. The van der Waals surface area contributed by atoms with Gasteiger partial charge in [0, 0.05) is 33.6 Å². The molecule has 1 aliphatic rings. The van der Waals surface area contributed by atoms with Crippen molar-refractivity contribution in [2.24, 2.45) is 10.4 Å². The summed E-state index contributed by atoms with van der Waals surface area (Å²) in [7, 11) is 3.63. The molecule has 158 valence electrons. The van der Waals surface area contributed by atoms with E-state index in [-0.39, 0.29) is 35.3 Å². The molecule has 1 saturated carbocycles. The van der Waals surface area contributed by atoms with Crippen molar-refractivity contribution in [3.8, 4) is 0 Å². The maximum absolute atomic E-state index is 12.7. The monoisotopic (exact) mass is 502 g/mol. The molecule has 0 heterocycles. The van der Waals surface area contributed by atoms with Gasteiger partial charge in [-0.3, -0.25) is 9.79 Å². The van der Waals surface area contributed by atoms with Gasteiger partial charge in [-0.2, -0.15) is 0 Å². The van der Waals surface area contributed by atoms with E-state index in [1.165, 1.54) is 0 Å². The van der Waals surface area contributed by atoms with E-state index in [2.05, 4.69) is 15.6 Å². The number of carbonyl (C=O) groups excluding carboxylic acids is 1. The van der Waals surface area contributed by atoms with E-state index >= 15 is 0 Å². The summed E-state index contributed by atoms with van der Waals surface area (Å²) in [6, 6.07) is 9.95. The van der Waals surface area contributed by atoms with Crippen LogP contribution in [0.15, 0.2) is 35.3 Å². The minimum atomic E-state index is -0.500. The molecule has 1 aromatic carbocycles. The number of hydrogen-bond donors (Lipinski definition) is 3. The molecular weight excluding hydrogens is 467 g/mol. The number of nitrogens with zero attached hydrogens (tertiary/aromatic N) is 2. The largest absolute Gasteiger partial charge is 0.391 e. The Morgan fingerprint density at radius 2 is 1.86 bits per heavy atom. The molecule has 0 aliphatic heterocycles. The molecule has 2 rings (SSSR count). The molecular formula is C21H35IN4O2. The molecule has 1 fully saturated rings. The number of aliphatic hydroxyl groups excluding tert-OH is 1. The van der Waals surface area contributed by atoms with E-state index in [1.54, 1.807) is 4.90 Å². The number of halogens is 1. The number of hydrogen-bond acceptors (Lipinski definition) is 3. The second-order valence-electron chi connectivity index (χ2n) is 7.61. The first kappa shape index (κ1) is 24.7. The Morgan fingerprint density at radius 1 is 1.21 bits per heavy atom. The molecule has 3 N–H and O–H groups in total. The Labute approximate surface area is 186 Å². The number of guanidine groups is 1. The van der Waals surface area contributed by atoms with E-state index in [0.29, 0.717) is 25.5 Å². The fourth-order valence-corrected chi connectivity index (χ4v) is 3.71. The molecule has 0 bridgehead atoms. The van der Waals surface area contributed by atoms with Crippen molar-refractivity contribution in [2.45, 2.75) is 45.1 Å². The van der Waals surface area contributed by atoms with Gasteiger partial charge in [0.05, 0.1) is 18.1 Å². The first-order chi connectivity index (χ1) is 13.0. The van der Waals surface area contributed by atoms with Crippen LogP contribution in [0, 0.1) is 5.41 Å². The summed E-state index contributed by atoms with van der Waals surface area (Å²) in [5.41, 5.74) is 0.726. The summed E-state index contributed by atoms with van der Waals surface area (Å²) in [4.78, 5) is 19.1. The lowest BCUT2D eigenvalue weighted by Gasteiger charge is -2.29. The molecule has 0 aromatic heterocycles. The molecule has 1 aliphatic carbocycles. The molecule has 0 radical (unpaired) electrons. The van der Waals surface area contributed by atoms with Gasteiger partial charge in [0.1, 0.15) is 0 Å². The molecule has 6 nitrogen and oxygen atoms in total. The van der Waals surface area contributed by atoms with Gasteiger partial charge in [0.2, 0.25) is 5.91 Å². The highest BCUT2D eigenvalue weighted by atomic mass is 127. The summed E-state index contributed by atoms with van der Waals surface area (Å²) >= 11 is 0. The number of carbonyl (C=O) groups is 1. The molecule has 0 spiro atoms.